The standard InChI is InChI=1S/C18H20FN5/c1-4-24-11-15(16-9-10-20-18(22-16)21-12(2)3)17(23-24)13-5-7-14(19)8-6-13/h5-12H,4H2,1-3H3,(H,20,21,22). The van der Waals surface area contributed by atoms with Gasteiger partial charge in [0.2, 0.25) is 5.95 Å². The van der Waals surface area contributed by atoms with Crippen LogP contribution in [-0.2, 0) is 6.54 Å². The minimum atomic E-state index is -0.263. The maximum atomic E-state index is 13.2. The van der Waals surface area contributed by atoms with Crippen LogP contribution < -0.4 is 5.32 Å². The van der Waals surface area contributed by atoms with Crippen molar-refractivity contribution >= 4 is 5.95 Å². The van der Waals surface area contributed by atoms with Crippen LogP contribution in [-0.4, -0.2) is 25.8 Å². The van der Waals surface area contributed by atoms with Gasteiger partial charge in [-0.25, -0.2) is 14.4 Å². The quantitative estimate of drug-likeness (QED) is 0.771. The van der Waals surface area contributed by atoms with Crippen molar-refractivity contribution in [3.63, 3.8) is 0 Å². The summed E-state index contributed by atoms with van der Waals surface area (Å²) in [5.41, 5.74) is 3.33. The van der Waals surface area contributed by atoms with Crippen molar-refractivity contribution in [1.29, 1.82) is 0 Å². The Morgan fingerprint density at radius 2 is 1.92 bits per heavy atom. The second kappa shape index (κ2) is 6.78. The van der Waals surface area contributed by atoms with Gasteiger partial charge in [-0.2, -0.15) is 5.10 Å². The summed E-state index contributed by atoms with van der Waals surface area (Å²) < 4.78 is 15.1. The molecule has 0 atom stereocenters. The van der Waals surface area contributed by atoms with E-state index in [1.807, 2.05) is 37.7 Å². The summed E-state index contributed by atoms with van der Waals surface area (Å²) in [7, 11) is 0. The lowest BCUT2D eigenvalue weighted by molar-refractivity contribution is 0.628. The van der Waals surface area contributed by atoms with E-state index >= 15 is 0 Å². The van der Waals surface area contributed by atoms with E-state index in [0.29, 0.717) is 5.95 Å². The van der Waals surface area contributed by atoms with Gasteiger partial charge in [0.15, 0.2) is 0 Å². The van der Waals surface area contributed by atoms with Crippen LogP contribution in [0.4, 0.5) is 10.3 Å². The van der Waals surface area contributed by atoms with Crippen molar-refractivity contribution in [1.82, 2.24) is 19.7 Å². The summed E-state index contributed by atoms with van der Waals surface area (Å²) in [4.78, 5) is 8.83. The highest BCUT2D eigenvalue weighted by Gasteiger charge is 2.15. The van der Waals surface area contributed by atoms with E-state index in [4.69, 9.17) is 0 Å². The summed E-state index contributed by atoms with van der Waals surface area (Å²) in [6.45, 7) is 6.84. The molecule has 5 nitrogen and oxygen atoms in total. The predicted octanol–water partition coefficient (Wildman–Crippen LogP) is 3.99. The van der Waals surface area contributed by atoms with Crippen LogP contribution in [0.25, 0.3) is 22.5 Å². The van der Waals surface area contributed by atoms with E-state index in [1.165, 1.54) is 12.1 Å². The number of rotatable bonds is 5. The molecule has 6 heteroatoms. The van der Waals surface area contributed by atoms with E-state index in [1.54, 1.807) is 18.3 Å². The van der Waals surface area contributed by atoms with E-state index < -0.39 is 0 Å². The molecule has 0 saturated heterocycles. The lowest BCUT2D eigenvalue weighted by Crippen LogP contribution is -2.12. The number of anilines is 1. The van der Waals surface area contributed by atoms with E-state index in [2.05, 4.69) is 20.4 Å². The molecule has 0 spiro atoms. The first kappa shape index (κ1) is 16.1. The van der Waals surface area contributed by atoms with Crippen molar-refractivity contribution in [3.05, 3.63) is 48.5 Å². The van der Waals surface area contributed by atoms with Crippen LogP contribution in [0.1, 0.15) is 20.8 Å². The van der Waals surface area contributed by atoms with Gasteiger partial charge in [-0.3, -0.25) is 4.68 Å². The minimum absolute atomic E-state index is 0.246. The summed E-state index contributed by atoms with van der Waals surface area (Å²) in [6.07, 6.45) is 3.69. The Labute approximate surface area is 140 Å². The van der Waals surface area contributed by atoms with E-state index in [9.17, 15) is 4.39 Å². The number of hydrogen-bond donors (Lipinski definition) is 1. The number of benzene rings is 1. The maximum absolute atomic E-state index is 13.2. The summed E-state index contributed by atoms with van der Waals surface area (Å²) in [6, 6.07) is 8.45. The van der Waals surface area contributed by atoms with Gasteiger partial charge in [-0.05, 0) is 51.1 Å². The van der Waals surface area contributed by atoms with E-state index in [0.717, 1.165) is 29.1 Å². The molecule has 3 aromatic rings. The van der Waals surface area contributed by atoms with Crippen molar-refractivity contribution in [3.8, 4) is 22.5 Å². The number of hydrogen-bond acceptors (Lipinski definition) is 4. The molecule has 0 bridgehead atoms. The second-order valence-corrected chi connectivity index (χ2v) is 5.82. The zero-order chi connectivity index (χ0) is 17.1. The first-order valence-corrected chi connectivity index (χ1v) is 8.00. The zero-order valence-corrected chi connectivity index (χ0v) is 14.0. The average Bonchev–Trinajstić information content (AvgIpc) is 2.99. The number of aromatic nitrogens is 4. The Bertz CT molecular complexity index is 824. The minimum Gasteiger partial charge on any atom is -0.352 e. The summed E-state index contributed by atoms with van der Waals surface area (Å²) >= 11 is 0. The first-order valence-electron chi connectivity index (χ1n) is 8.00. The summed E-state index contributed by atoms with van der Waals surface area (Å²) in [5.74, 6) is 0.317. The molecule has 1 aromatic carbocycles. The van der Waals surface area contributed by atoms with Crippen molar-refractivity contribution < 1.29 is 4.39 Å². The molecule has 24 heavy (non-hydrogen) atoms. The molecule has 0 unspecified atom stereocenters. The molecule has 124 valence electrons. The monoisotopic (exact) mass is 325 g/mol. The molecule has 0 aliphatic heterocycles. The Kier molecular flexibility index (Phi) is 4.55. The molecule has 2 heterocycles. The Morgan fingerprint density at radius 1 is 1.17 bits per heavy atom. The molecule has 0 fully saturated rings. The lowest BCUT2D eigenvalue weighted by Gasteiger charge is -2.09. The molecule has 1 N–H and O–H groups in total. The van der Waals surface area contributed by atoms with Crippen LogP contribution in [0, 0.1) is 5.82 Å². The third kappa shape index (κ3) is 3.42. The Morgan fingerprint density at radius 3 is 2.58 bits per heavy atom. The number of halogens is 1. The highest BCUT2D eigenvalue weighted by molar-refractivity contribution is 5.78. The van der Waals surface area contributed by atoms with Crippen LogP contribution in [0.5, 0.6) is 0 Å². The molecule has 0 aliphatic rings. The molecule has 2 aromatic heterocycles. The molecule has 3 rings (SSSR count). The number of nitrogens with zero attached hydrogens (tertiary/aromatic N) is 4. The summed E-state index contributed by atoms with van der Waals surface area (Å²) in [5, 5.41) is 7.81. The van der Waals surface area contributed by atoms with Crippen molar-refractivity contribution in [2.45, 2.75) is 33.4 Å². The van der Waals surface area contributed by atoms with Crippen LogP contribution >= 0.6 is 0 Å². The topological polar surface area (TPSA) is 55.6 Å². The lowest BCUT2D eigenvalue weighted by atomic mass is 10.1. The molecule has 0 saturated carbocycles. The van der Waals surface area contributed by atoms with Gasteiger partial charge in [0.25, 0.3) is 0 Å². The second-order valence-electron chi connectivity index (χ2n) is 5.82. The zero-order valence-electron chi connectivity index (χ0n) is 14.0. The largest absolute Gasteiger partial charge is 0.352 e. The van der Waals surface area contributed by atoms with Gasteiger partial charge in [-0.15, -0.1) is 0 Å². The van der Waals surface area contributed by atoms with Crippen LogP contribution in [0.3, 0.4) is 0 Å². The third-order valence-electron chi connectivity index (χ3n) is 3.55. The molecule has 0 radical (unpaired) electrons. The fourth-order valence-electron chi connectivity index (χ4n) is 2.43. The number of aryl methyl sites for hydroxylation is 1. The molecular formula is C18H20FN5. The third-order valence-corrected chi connectivity index (χ3v) is 3.55. The predicted molar refractivity (Wildman–Crippen MR) is 93.1 cm³/mol. The van der Waals surface area contributed by atoms with Crippen LogP contribution in [0.15, 0.2) is 42.7 Å². The van der Waals surface area contributed by atoms with Gasteiger partial charge in [0.1, 0.15) is 11.5 Å². The molecule has 0 aliphatic carbocycles. The van der Waals surface area contributed by atoms with Gasteiger partial charge in [0.05, 0.1) is 5.69 Å². The fraction of sp³-hybridized carbons (Fsp3) is 0.278. The normalized spacial score (nSPS) is 11.0. The molecular weight excluding hydrogens is 305 g/mol. The maximum Gasteiger partial charge on any atom is 0.223 e. The van der Waals surface area contributed by atoms with Gasteiger partial charge in [-0.1, -0.05) is 0 Å². The SMILES string of the molecule is CCn1cc(-c2ccnc(NC(C)C)n2)c(-c2ccc(F)cc2)n1. The van der Waals surface area contributed by atoms with Crippen LogP contribution in [0.2, 0.25) is 0 Å². The van der Waals surface area contributed by atoms with Gasteiger partial charge >= 0.3 is 0 Å². The van der Waals surface area contributed by atoms with Gasteiger partial charge in [0, 0.05) is 36.1 Å². The highest BCUT2D eigenvalue weighted by Crippen LogP contribution is 2.30. The smallest absolute Gasteiger partial charge is 0.223 e. The Hall–Kier alpha value is -2.76. The first-order chi connectivity index (χ1) is 11.6. The number of nitrogens with one attached hydrogen (secondary N) is 1. The van der Waals surface area contributed by atoms with Crippen molar-refractivity contribution in [2.75, 3.05) is 5.32 Å². The average molecular weight is 325 g/mol. The molecule has 0 amide bonds. The van der Waals surface area contributed by atoms with E-state index in [-0.39, 0.29) is 11.9 Å². The Balaban J connectivity index is 2.07. The fourth-order valence-corrected chi connectivity index (χ4v) is 2.43. The highest BCUT2D eigenvalue weighted by atomic mass is 19.1. The van der Waals surface area contributed by atoms with Crippen molar-refractivity contribution in [2.24, 2.45) is 0 Å². The van der Waals surface area contributed by atoms with Gasteiger partial charge < -0.3 is 5.32 Å².